The molecule has 1 amide bonds. The lowest BCUT2D eigenvalue weighted by molar-refractivity contribution is 0.0986. The first-order valence-corrected chi connectivity index (χ1v) is 10.5. The molecule has 4 nitrogen and oxygen atoms in total. The summed E-state index contributed by atoms with van der Waals surface area (Å²) in [5, 5.41) is 0.423. The second-order valence-corrected chi connectivity index (χ2v) is 9.44. The van der Waals surface area contributed by atoms with Gasteiger partial charge in [0.1, 0.15) is 0 Å². The van der Waals surface area contributed by atoms with Crippen molar-refractivity contribution in [2.24, 2.45) is 0 Å². The number of hydrogen-bond acceptors (Lipinski definition) is 4. The van der Waals surface area contributed by atoms with E-state index in [1.165, 1.54) is 12.1 Å². The fourth-order valence-electron chi connectivity index (χ4n) is 2.71. The Labute approximate surface area is 146 Å². The van der Waals surface area contributed by atoms with Crippen molar-refractivity contribution in [2.75, 3.05) is 17.7 Å². The Morgan fingerprint density at radius 1 is 1.17 bits per heavy atom. The van der Waals surface area contributed by atoms with Gasteiger partial charge in [0.05, 0.1) is 10.6 Å². The van der Waals surface area contributed by atoms with Crippen LogP contribution in [0.15, 0.2) is 58.3 Å². The molecular weight excluding hydrogens is 342 g/mol. The van der Waals surface area contributed by atoms with Crippen LogP contribution in [-0.2, 0) is 9.84 Å². The van der Waals surface area contributed by atoms with Gasteiger partial charge in [0.25, 0.3) is 5.91 Å². The zero-order chi connectivity index (χ0) is 17.3. The predicted octanol–water partition coefficient (Wildman–Crippen LogP) is 3.62. The van der Waals surface area contributed by atoms with Crippen LogP contribution in [0.1, 0.15) is 23.7 Å². The van der Waals surface area contributed by atoms with Crippen LogP contribution in [0.25, 0.3) is 0 Å². The lowest BCUT2D eigenvalue weighted by atomic mass is 10.1. The van der Waals surface area contributed by atoms with Gasteiger partial charge in [0.15, 0.2) is 9.84 Å². The van der Waals surface area contributed by atoms with E-state index >= 15 is 0 Å². The highest BCUT2D eigenvalue weighted by molar-refractivity contribution is 8.00. The van der Waals surface area contributed by atoms with Crippen molar-refractivity contribution in [2.45, 2.75) is 28.4 Å². The summed E-state index contributed by atoms with van der Waals surface area (Å²) < 4.78 is 23.5. The van der Waals surface area contributed by atoms with E-state index in [0.717, 1.165) is 23.3 Å². The fraction of sp³-hybridized carbons (Fsp3) is 0.278. The number of rotatable bonds is 2. The molecule has 0 saturated heterocycles. The Kier molecular flexibility index (Phi) is 4.69. The molecule has 3 rings (SSSR count). The molecule has 1 aliphatic rings. The summed E-state index contributed by atoms with van der Waals surface area (Å²) in [5.41, 5.74) is 1.29. The zero-order valence-electron chi connectivity index (χ0n) is 13.6. The van der Waals surface area contributed by atoms with Gasteiger partial charge in [0, 0.05) is 28.5 Å². The number of anilines is 1. The van der Waals surface area contributed by atoms with Crippen LogP contribution in [0.4, 0.5) is 5.69 Å². The first kappa shape index (κ1) is 17.0. The Bertz CT molecular complexity index is 877. The molecule has 0 saturated carbocycles. The summed E-state index contributed by atoms with van der Waals surface area (Å²) >= 11 is 1.77. The maximum atomic E-state index is 13.0. The molecule has 0 radical (unpaired) electrons. The lowest BCUT2D eigenvalue weighted by Gasteiger charge is -2.22. The van der Waals surface area contributed by atoms with Crippen LogP contribution >= 0.6 is 11.8 Å². The van der Waals surface area contributed by atoms with Crippen molar-refractivity contribution in [1.29, 1.82) is 0 Å². The molecule has 6 heteroatoms. The Morgan fingerprint density at radius 3 is 2.67 bits per heavy atom. The molecule has 2 aromatic carbocycles. The first-order chi connectivity index (χ1) is 11.4. The number of carbonyl (C=O) groups excluding carboxylic acids is 1. The molecule has 0 spiro atoms. The van der Waals surface area contributed by atoms with Crippen LogP contribution in [0.2, 0.25) is 0 Å². The van der Waals surface area contributed by atoms with Gasteiger partial charge in [-0.3, -0.25) is 4.79 Å². The van der Waals surface area contributed by atoms with Crippen LogP contribution in [0, 0.1) is 0 Å². The highest BCUT2D eigenvalue weighted by atomic mass is 32.2. The molecule has 24 heavy (non-hydrogen) atoms. The third kappa shape index (κ3) is 3.49. The summed E-state index contributed by atoms with van der Waals surface area (Å²) in [6, 6.07) is 14.1. The van der Waals surface area contributed by atoms with E-state index < -0.39 is 9.84 Å². The van der Waals surface area contributed by atoms with E-state index in [2.05, 4.69) is 6.92 Å². The van der Waals surface area contributed by atoms with Crippen LogP contribution in [0.3, 0.4) is 0 Å². The summed E-state index contributed by atoms with van der Waals surface area (Å²) in [6.45, 7) is 2.77. The topological polar surface area (TPSA) is 54.5 Å². The van der Waals surface area contributed by atoms with Gasteiger partial charge in [-0.15, -0.1) is 11.8 Å². The number of sulfone groups is 1. The van der Waals surface area contributed by atoms with Crippen LogP contribution in [0.5, 0.6) is 0 Å². The number of amides is 1. The van der Waals surface area contributed by atoms with Crippen molar-refractivity contribution >= 4 is 33.2 Å². The Morgan fingerprint density at radius 2 is 1.92 bits per heavy atom. The van der Waals surface area contributed by atoms with Gasteiger partial charge >= 0.3 is 0 Å². The third-order valence-corrected chi connectivity index (χ3v) is 6.35. The number of para-hydroxylation sites is 1. The summed E-state index contributed by atoms with van der Waals surface area (Å²) in [6.07, 6.45) is 2.03. The van der Waals surface area contributed by atoms with Gasteiger partial charge < -0.3 is 4.90 Å². The fourth-order valence-corrected chi connectivity index (χ4v) is 4.49. The molecular formula is C18H19NO3S2. The highest BCUT2D eigenvalue weighted by Gasteiger charge is 2.25. The van der Waals surface area contributed by atoms with Gasteiger partial charge in [-0.1, -0.05) is 25.1 Å². The third-order valence-electron chi connectivity index (χ3n) is 4.00. The Balaban J connectivity index is 2.01. The average molecular weight is 361 g/mol. The molecule has 1 atom stereocenters. The van der Waals surface area contributed by atoms with E-state index in [1.807, 2.05) is 24.3 Å². The molecule has 1 unspecified atom stereocenters. The molecule has 126 valence electrons. The lowest BCUT2D eigenvalue weighted by Crippen LogP contribution is -2.32. The number of thioether (sulfide) groups is 1. The molecule has 1 heterocycles. The van der Waals surface area contributed by atoms with Crippen LogP contribution < -0.4 is 4.90 Å². The standard InChI is InChI=1S/C18H19NO3S2/c1-13-10-11-19(16-8-3-4-9-17(16)23-13)18(20)14-6-5-7-15(12-14)24(2,21)22/h3-9,12-13H,10-11H2,1-2H3. The molecule has 0 N–H and O–H groups in total. The highest BCUT2D eigenvalue weighted by Crippen LogP contribution is 2.37. The summed E-state index contributed by atoms with van der Waals surface area (Å²) in [7, 11) is -3.34. The number of carbonyl (C=O) groups is 1. The molecule has 2 aromatic rings. The molecule has 0 fully saturated rings. The second-order valence-electron chi connectivity index (χ2n) is 5.94. The normalized spacial score (nSPS) is 17.9. The van der Waals surface area contributed by atoms with Crippen LogP contribution in [-0.4, -0.2) is 32.4 Å². The van der Waals surface area contributed by atoms with Crippen molar-refractivity contribution in [3.8, 4) is 0 Å². The Hall–Kier alpha value is -1.79. The van der Waals surface area contributed by atoms with Gasteiger partial charge in [-0.05, 0) is 36.8 Å². The number of nitrogens with zero attached hydrogens (tertiary/aromatic N) is 1. The van der Waals surface area contributed by atoms with E-state index in [-0.39, 0.29) is 10.8 Å². The summed E-state index contributed by atoms with van der Waals surface area (Å²) in [5.74, 6) is -0.164. The van der Waals surface area contributed by atoms with E-state index in [4.69, 9.17) is 0 Å². The maximum Gasteiger partial charge on any atom is 0.258 e. The number of hydrogen-bond donors (Lipinski definition) is 0. The monoisotopic (exact) mass is 361 g/mol. The van der Waals surface area contributed by atoms with Gasteiger partial charge in [-0.2, -0.15) is 0 Å². The van der Waals surface area contributed by atoms with E-state index in [9.17, 15) is 13.2 Å². The molecule has 0 aromatic heterocycles. The van der Waals surface area contributed by atoms with Crippen molar-refractivity contribution in [3.05, 3.63) is 54.1 Å². The smallest absolute Gasteiger partial charge is 0.258 e. The quantitative estimate of drug-likeness (QED) is 0.820. The van der Waals surface area contributed by atoms with Gasteiger partial charge in [0.2, 0.25) is 0 Å². The second kappa shape index (κ2) is 6.61. The molecule has 1 aliphatic heterocycles. The largest absolute Gasteiger partial charge is 0.307 e. The SMILES string of the molecule is CC1CCN(C(=O)c2cccc(S(C)(=O)=O)c2)c2ccccc2S1. The first-order valence-electron chi connectivity index (χ1n) is 7.74. The zero-order valence-corrected chi connectivity index (χ0v) is 15.2. The number of benzene rings is 2. The van der Waals surface area contributed by atoms with Gasteiger partial charge in [-0.25, -0.2) is 8.42 Å². The average Bonchev–Trinajstić information content (AvgIpc) is 2.72. The number of fused-ring (bicyclic) bond motifs is 1. The summed E-state index contributed by atoms with van der Waals surface area (Å²) in [4.78, 5) is 16.0. The van der Waals surface area contributed by atoms with Crippen molar-refractivity contribution in [3.63, 3.8) is 0 Å². The minimum atomic E-state index is -3.34. The van der Waals surface area contributed by atoms with Crippen molar-refractivity contribution < 1.29 is 13.2 Å². The maximum absolute atomic E-state index is 13.0. The van der Waals surface area contributed by atoms with Crippen molar-refractivity contribution in [1.82, 2.24) is 0 Å². The molecule has 0 aliphatic carbocycles. The predicted molar refractivity (Wildman–Crippen MR) is 97.6 cm³/mol. The minimum absolute atomic E-state index is 0.164. The molecule has 0 bridgehead atoms. The van der Waals surface area contributed by atoms with E-state index in [0.29, 0.717) is 17.4 Å². The van der Waals surface area contributed by atoms with E-state index in [1.54, 1.807) is 28.8 Å². The minimum Gasteiger partial charge on any atom is -0.307 e.